The van der Waals surface area contributed by atoms with E-state index in [0.717, 1.165) is 17.1 Å². The standard InChI is InChI=1S/C6H12OSi.C4H10OSi2/c1-2-8-6-4-3-5-7-8;1-3-7(4-2)5-6/h2,8H,1,3-6H2;3-4,7H,1-2H2,6H3. The minimum atomic E-state index is -1.08. The molecular formula is C10H22O2Si3. The molecule has 0 aromatic heterocycles. The molecule has 0 radical (unpaired) electrons. The van der Waals surface area contributed by atoms with Crippen LogP contribution in [0, 0.1) is 0 Å². The van der Waals surface area contributed by atoms with Gasteiger partial charge in [-0.3, -0.25) is 0 Å². The summed E-state index contributed by atoms with van der Waals surface area (Å²) < 4.78 is 10.5. The molecule has 0 saturated carbocycles. The molecule has 5 heteroatoms. The lowest BCUT2D eigenvalue weighted by Gasteiger charge is -2.16. The Balaban J connectivity index is 0.000000265. The highest BCUT2D eigenvalue weighted by Gasteiger charge is 2.10. The normalized spacial score (nSPS) is 20.2. The van der Waals surface area contributed by atoms with Gasteiger partial charge in [0, 0.05) is 6.61 Å². The fraction of sp³-hybridized carbons (Fsp3) is 0.400. The summed E-state index contributed by atoms with van der Waals surface area (Å²) >= 11 is 0. The predicted molar refractivity (Wildman–Crippen MR) is 75.9 cm³/mol. The second kappa shape index (κ2) is 10.3. The first-order valence-corrected chi connectivity index (χ1v) is 9.88. The molecular weight excluding hydrogens is 236 g/mol. The number of rotatable bonds is 4. The van der Waals surface area contributed by atoms with Gasteiger partial charge in [-0.15, -0.1) is 19.7 Å². The fourth-order valence-corrected chi connectivity index (χ4v) is 4.67. The minimum Gasteiger partial charge on any atom is -0.460 e. The molecule has 0 bridgehead atoms. The highest BCUT2D eigenvalue weighted by molar-refractivity contribution is 6.65. The molecule has 0 aromatic rings. The molecule has 1 heterocycles. The third-order valence-corrected chi connectivity index (χ3v) is 7.49. The summed E-state index contributed by atoms with van der Waals surface area (Å²) in [6, 6.07) is 1.31. The zero-order chi connectivity index (χ0) is 11.5. The number of hydrogen-bond acceptors (Lipinski definition) is 2. The molecule has 0 spiro atoms. The van der Waals surface area contributed by atoms with Crippen LogP contribution in [-0.4, -0.2) is 35.2 Å². The van der Waals surface area contributed by atoms with Crippen LogP contribution >= 0.6 is 0 Å². The Labute approximate surface area is 99.7 Å². The van der Waals surface area contributed by atoms with Gasteiger partial charge in [0.2, 0.25) is 18.1 Å². The minimum absolute atomic E-state index is 0.811. The molecule has 2 nitrogen and oxygen atoms in total. The van der Waals surface area contributed by atoms with Crippen molar-refractivity contribution in [1.82, 2.24) is 0 Å². The van der Waals surface area contributed by atoms with Crippen molar-refractivity contribution in [2.24, 2.45) is 0 Å². The van der Waals surface area contributed by atoms with Gasteiger partial charge in [0.1, 0.15) is 10.5 Å². The first kappa shape index (κ1) is 14.8. The van der Waals surface area contributed by atoms with Crippen molar-refractivity contribution in [3.05, 3.63) is 36.8 Å². The molecule has 1 unspecified atom stereocenters. The lowest BCUT2D eigenvalue weighted by molar-refractivity contribution is 0.294. The first-order valence-electron chi connectivity index (χ1n) is 5.30. The Bertz CT molecular complexity index is 183. The van der Waals surface area contributed by atoms with Crippen LogP contribution < -0.4 is 0 Å². The largest absolute Gasteiger partial charge is 0.460 e. The van der Waals surface area contributed by atoms with E-state index >= 15 is 0 Å². The van der Waals surface area contributed by atoms with Crippen molar-refractivity contribution in [3.8, 4) is 0 Å². The van der Waals surface area contributed by atoms with Crippen LogP contribution in [0.1, 0.15) is 12.8 Å². The van der Waals surface area contributed by atoms with E-state index in [1.165, 1.54) is 18.9 Å². The third-order valence-electron chi connectivity index (χ3n) is 2.21. The van der Waals surface area contributed by atoms with Gasteiger partial charge in [0.15, 0.2) is 0 Å². The summed E-state index contributed by atoms with van der Waals surface area (Å²) in [5.74, 6) is 0. The number of hydrogen-bond donors (Lipinski definition) is 0. The average Bonchev–Trinajstić information content (AvgIpc) is 2.33. The van der Waals surface area contributed by atoms with Gasteiger partial charge in [-0.1, -0.05) is 23.5 Å². The van der Waals surface area contributed by atoms with Crippen LogP contribution in [-0.2, 0) is 8.54 Å². The Morgan fingerprint density at radius 1 is 1.27 bits per heavy atom. The molecule has 0 aliphatic carbocycles. The topological polar surface area (TPSA) is 18.5 Å². The van der Waals surface area contributed by atoms with Crippen LogP contribution in [0.5, 0.6) is 0 Å². The van der Waals surface area contributed by atoms with Crippen molar-refractivity contribution < 1.29 is 8.54 Å². The molecule has 1 aliphatic rings. The van der Waals surface area contributed by atoms with Crippen molar-refractivity contribution in [1.29, 1.82) is 0 Å². The van der Waals surface area contributed by atoms with Crippen molar-refractivity contribution in [2.75, 3.05) is 6.61 Å². The van der Waals surface area contributed by atoms with Crippen LogP contribution in [0.3, 0.4) is 0 Å². The Morgan fingerprint density at radius 2 is 1.93 bits per heavy atom. The quantitative estimate of drug-likeness (QED) is 0.691. The van der Waals surface area contributed by atoms with Crippen molar-refractivity contribution in [3.63, 3.8) is 0 Å². The van der Waals surface area contributed by atoms with E-state index in [2.05, 4.69) is 19.7 Å². The molecule has 86 valence electrons. The van der Waals surface area contributed by atoms with E-state index < -0.39 is 18.1 Å². The van der Waals surface area contributed by atoms with E-state index in [-0.39, 0.29) is 0 Å². The summed E-state index contributed by atoms with van der Waals surface area (Å²) in [5.41, 5.74) is 5.75. The highest BCUT2D eigenvalue weighted by Crippen LogP contribution is 2.10. The van der Waals surface area contributed by atoms with E-state index in [0.29, 0.717) is 0 Å². The lowest BCUT2D eigenvalue weighted by atomic mass is 10.4. The maximum Gasteiger partial charge on any atom is 0.212 e. The summed E-state index contributed by atoms with van der Waals surface area (Å²) in [6.45, 7) is 11.9. The molecule has 0 amide bonds. The van der Waals surface area contributed by atoms with Gasteiger partial charge in [-0.2, -0.15) is 0 Å². The Morgan fingerprint density at radius 3 is 2.13 bits per heavy atom. The maximum atomic E-state index is 5.45. The fourth-order valence-electron chi connectivity index (χ4n) is 1.24. The van der Waals surface area contributed by atoms with Crippen molar-refractivity contribution in [2.45, 2.75) is 18.9 Å². The summed E-state index contributed by atoms with van der Waals surface area (Å²) in [6.07, 6.45) is 2.63. The second-order valence-electron chi connectivity index (χ2n) is 3.31. The average molecular weight is 259 g/mol. The Kier molecular flexibility index (Phi) is 10.2. The maximum absolute atomic E-state index is 5.45. The van der Waals surface area contributed by atoms with Gasteiger partial charge in [0.05, 0.1) is 0 Å². The molecule has 1 saturated heterocycles. The molecule has 0 N–H and O–H groups in total. The predicted octanol–water partition coefficient (Wildman–Crippen LogP) is 0.703. The Hall–Kier alpha value is -0.209. The van der Waals surface area contributed by atoms with E-state index in [1.807, 2.05) is 17.1 Å². The SMILES string of the molecule is C=C[SiH](C=C)O[SiH3].C=C[SiH]1CCCCO1. The van der Waals surface area contributed by atoms with Crippen LogP contribution in [0.2, 0.25) is 6.04 Å². The molecule has 1 rings (SSSR count). The zero-order valence-corrected chi connectivity index (χ0v) is 14.0. The van der Waals surface area contributed by atoms with Crippen LogP contribution in [0.4, 0.5) is 0 Å². The van der Waals surface area contributed by atoms with Crippen LogP contribution in [0.25, 0.3) is 0 Å². The summed E-state index contributed by atoms with van der Waals surface area (Å²) in [5, 5.41) is 0. The third kappa shape index (κ3) is 7.69. The smallest absolute Gasteiger partial charge is 0.212 e. The second-order valence-corrected chi connectivity index (χ2v) is 9.53. The van der Waals surface area contributed by atoms with Crippen molar-refractivity contribution >= 4 is 28.6 Å². The van der Waals surface area contributed by atoms with Gasteiger partial charge in [0.25, 0.3) is 0 Å². The van der Waals surface area contributed by atoms with E-state index in [1.54, 1.807) is 0 Å². The van der Waals surface area contributed by atoms with Gasteiger partial charge in [-0.25, -0.2) is 0 Å². The molecule has 15 heavy (non-hydrogen) atoms. The summed E-state index contributed by atoms with van der Waals surface area (Å²) in [7, 11) is -1.11. The lowest BCUT2D eigenvalue weighted by Crippen LogP contribution is -2.20. The first-order chi connectivity index (χ1) is 7.28. The molecule has 1 fully saturated rings. The van der Waals surface area contributed by atoms with E-state index in [4.69, 9.17) is 8.54 Å². The molecule has 1 aliphatic heterocycles. The highest BCUT2D eigenvalue weighted by atomic mass is 28.3. The van der Waals surface area contributed by atoms with Gasteiger partial charge >= 0.3 is 0 Å². The molecule has 0 aromatic carbocycles. The van der Waals surface area contributed by atoms with Crippen LogP contribution in [0.15, 0.2) is 36.8 Å². The van der Waals surface area contributed by atoms with Gasteiger partial charge in [-0.05, 0) is 12.5 Å². The van der Waals surface area contributed by atoms with Gasteiger partial charge < -0.3 is 8.54 Å². The van der Waals surface area contributed by atoms with E-state index in [9.17, 15) is 0 Å². The molecule has 1 atom stereocenters. The monoisotopic (exact) mass is 258 g/mol. The summed E-state index contributed by atoms with van der Waals surface area (Å²) in [4.78, 5) is 0. The zero-order valence-electron chi connectivity index (χ0n) is 9.65.